The van der Waals surface area contributed by atoms with Gasteiger partial charge in [-0.05, 0) is 18.9 Å². The zero-order valence-electron chi connectivity index (χ0n) is 12.4. The molecule has 1 aliphatic rings. The Morgan fingerprint density at radius 3 is 2.91 bits per heavy atom. The van der Waals surface area contributed by atoms with E-state index < -0.39 is 0 Å². The number of nitrogens with one attached hydrogen (secondary N) is 2. The highest BCUT2D eigenvalue weighted by Crippen LogP contribution is 2.33. The highest BCUT2D eigenvalue weighted by Gasteiger charge is 2.29. The van der Waals surface area contributed by atoms with Crippen molar-refractivity contribution in [2.75, 3.05) is 18.5 Å². The van der Waals surface area contributed by atoms with Crippen LogP contribution in [-0.2, 0) is 4.74 Å². The van der Waals surface area contributed by atoms with Gasteiger partial charge in [0.15, 0.2) is 5.82 Å². The second-order valence-electron chi connectivity index (χ2n) is 5.41. The molecule has 1 aromatic heterocycles. The van der Waals surface area contributed by atoms with Gasteiger partial charge in [-0.1, -0.05) is 35.5 Å². The zero-order chi connectivity index (χ0) is 15.4. The minimum Gasteiger partial charge on any atom is -0.373 e. The number of urea groups is 1. The molecule has 6 nitrogen and oxygen atoms in total. The highest BCUT2D eigenvalue weighted by atomic mass is 16.5. The van der Waals surface area contributed by atoms with Crippen LogP contribution in [0.4, 0.5) is 10.6 Å². The van der Waals surface area contributed by atoms with Crippen molar-refractivity contribution in [3.63, 3.8) is 0 Å². The molecule has 6 heteroatoms. The van der Waals surface area contributed by atoms with E-state index in [4.69, 9.17) is 9.26 Å². The van der Waals surface area contributed by atoms with E-state index in [0.29, 0.717) is 18.1 Å². The minimum atomic E-state index is -0.285. The number of nitrogens with zero attached hydrogens (tertiary/aromatic N) is 1. The molecule has 1 aromatic carbocycles. The van der Waals surface area contributed by atoms with Gasteiger partial charge in [0.1, 0.15) is 5.76 Å². The van der Waals surface area contributed by atoms with Crippen molar-refractivity contribution >= 4 is 11.8 Å². The largest absolute Gasteiger partial charge is 0.373 e. The van der Waals surface area contributed by atoms with E-state index in [1.54, 1.807) is 13.0 Å². The maximum Gasteiger partial charge on any atom is 0.320 e. The smallest absolute Gasteiger partial charge is 0.320 e. The monoisotopic (exact) mass is 301 g/mol. The number of anilines is 1. The Kier molecular flexibility index (Phi) is 4.39. The summed E-state index contributed by atoms with van der Waals surface area (Å²) in [6, 6.07) is 11.5. The summed E-state index contributed by atoms with van der Waals surface area (Å²) < 4.78 is 10.7. The number of carbonyl (C=O) groups excluding carboxylic acids is 1. The summed E-state index contributed by atoms with van der Waals surface area (Å²) in [6.07, 6.45) is 0.971. The molecule has 1 saturated heterocycles. The van der Waals surface area contributed by atoms with Crippen molar-refractivity contribution in [1.29, 1.82) is 0 Å². The fraction of sp³-hybridized carbons (Fsp3) is 0.375. The normalized spacial score (nSPS) is 20.8. The topological polar surface area (TPSA) is 76.4 Å². The summed E-state index contributed by atoms with van der Waals surface area (Å²) in [7, 11) is 0. The molecule has 2 amide bonds. The Balaban J connectivity index is 1.53. The number of amides is 2. The van der Waals surface area contributed by atoms with E-state index in [1.807, 2.05) is 18.2 Å². The second-order valence-corrected chi connectivity index (χ2v) is 5.41. The molecule has 1 fully saturated rings. The molecule has 2 N–H and O–H groups in total. The third kappa shape index (κ3) is 3.46. The number of hydrogen-bond acceptors (Lipinski definition) is 4. The van der Waals surface area contributed by atoms with Gasteiger partial charge in [0, 0.05) is 25.1 Å². The van der Waals surface area contributed by atoms with Crippen LogP contribution in [0.25, 0.3) is 0 Å². The van der Waals surface area contributed by atoms with E-state index >= 15 is 0 Å². The third-order valence-electron chi connectivity index (χ3n) is 3.74. The molecule has 0 radical (unpaired) electrons. The summed E-state index contributed by atoms with van der Waals surface area (Å²) in [5.74, 6) is 1.34. The van der Waals surface area contributed by atoms with Crippen LogP contribution in [-0.4, -0.2) is 24.3 Å². The van der Waals surface area contributed by atoms with Gasteiger partial charge < -0.3 is 14.6 Å². The number of carbonyl (C=O) groups is 1. The molecule has 1 aliphatic heterocycles. The average Bonchev–Trinajstić information content (AvgIpc) is 3.15. The van der Waals surface area contributed by atoms with E-state index in [-0.39, 0.29) is 18.1 Å². The molecular weight excluding hydrogens is 282 g/mol. The molecule has 0 unspecified atom stereocenters. The van der Waals surface area contributed by atoms with Crippen LogP contribution in [0.15, 0.2) is 40.9 Å². The molecule has 3 rings (SSSR count). The highest BCUT2D eigenvalue weighted by molar-refractivity contribution is 5.88. The Morgan fingerprint density at radius 1 is 1.36 bits per heavy atom. The van der Waals surface area contributed by atoms with E-state index in [1.165, 1.54) is 0 Å². The SMILES string of the molecule is Cc1cc(NC(=O)NC[C@H]2CCO[C@@H]2c2ccccc2)no1. The summed E-state index contributed by atoms with van der Waals surface area (Å²) >= 11 is 0. The van der Waals surface area contributed by atoms with Crippen LogP contribution in [0, 0.1) is 12.8 Å². The second kappa shape index (κ2) is 6.62. The molecule has 0 saturated carbocycles. The Morgan fingerprint density at radius 2 is 2.18 bits per heavy atom. The molecule has 116 valence electrons. The number of rotatable bonds is 4. The van der Waals surface area contributed by atoms with Crippen LogP contribution in [0.2, 0.25) is 0 Å². The number of hydrogen-bond donors (Lipinski definition) is 2. The lowest BCUT2D eigenvalue weighted by Crippen LogP contribution is -2.34. The number of aryl methyl sites for hydroxylation is 1. The summed E-state index contributed by atoms with van der Waals surface area (Å²) in [5.41, 5.74) is 1.15. The Hall–Kier alpha value is -2.34. The fourth-order valence-corrected chi connectivity index (χ4v) is 2.66. The van der Waals surface area contributed by atoms with Gasteiger partial charge in [-0.25, -0.2) is 4.79 Å². The predicted octanol–water partition coefficient (Wildman–Crippen LogP) is 2.88. The zero-order valence-corrected chi connectivity index (χ0v) is 12.4. The first-order valence-electron chi connectivity index (χ1n) is 7.37. The first-order valence-corrected chi connectivity index (χ1v) is 7.37. The summed E-state index contributed by atoms with van der Waals surface area (Å²) in [4.78, 5) is 11.9. The van der Waals surface area contributed by atoms with Crippen molar-refractivity contribution in [2.24, 2.45) is 5.92 Å². The van der Waals surface area contributed by atoms with Crippen LogP contribution < -0.4 is 10.6 Å². The van der Waals surface area contributed by atoms with Gasteiger partial charge in [-0.3, -0.25) is 5.32 Å². The molecule has 2 atom stereocenters. The number of aromatic nitrogens is 1. The van der Waals surface area contributed by atoms with Gasteiger partial charge in [-0.15, -0.1) is 0 Å². The first kappa shape index (κ1) is 14.6. The first-order chi connectivity index (χ1) is 10.7. The minimum absolute atomic E-state index is 0.0378. The quantitative estimate of drug-likeness (QED) is 0.910. The summed E-state index contributed by atoms with van der Waals surface area (Å²) in [6.45, 7) is 3.05. The van der Waals surface area contributed by atoms with Gasteiger partial charge in [0.25, 0.3) is 0 Å². The molecule has 2 heterocycles. The molecule has 2 aromatic rings. The summed E-state index contributed by atoms with van der Waals surface area (Å²) in [5, 5.41) is 9.24. The van der Waals surface area contributed by atoms with Crippen molar-refractivity contribution in [2.45, 2.75) is 19.4 Å². The van der Waals surface area contributed by atoms with Crippen molar-refractivity contribution in [3.05, 3.63) is 47.7 Å². The van der Waals surface area contributed by atoms with E-state index in [2.05, 4.69) is 27.9 Å². The van der Waals surface area contributed by atoms with Gasteiger partial charge in [0.05, 0.1) is 6.10 Å². The van der Waals surface area contributed by atoms with Crippen LogP contribution in [0.1, 0.15) is 23.8 Å². The lowest BCUT2D eigenvalue weighted by Gasteiger charge is -2.19. The van der Waals surface area contributed by atoms with Gasteiger partial charge >= 0.3 is 6.03 Å². The van der Waals surface area contributed by atoms with Crippen molar-refractivity contribution in [1.82, 2.24) is 10.5 Å². The van der Waals surface area contributed by atoms with Gasteiger partial charge in [0.2, 0.25) is 0 Å². The standard InChI is InChI=1S/C16H19N3O3/c1-11-9-14(19-22-11)18-16(20)17-10-13-7-8-21-15(13)12-5-3-2-4-6-12/h2-6,9,13,15H,7-8,10H2,1H3,(H2,17,18,19,20)/t13-,15-/m1/s1. The molecule has 0 bridgehead atoms. The van der Waals surface area contributed by atoms with E-state index in [9.17, 15) is 4.79 Å². The Labute approximate surface area is 128 Å². The van der Waals surface area contributed by atoms with E-state index in [0.717, 1.165) is 18.6 Å². The van der Waals surface area contributed by atoms with Crippen LogP contribution >= 0.6 is 0 Å². The molecule has 22 heavy (non-hydrogen) atoms. The van der Waals surface area contributed by atoms with Crippen molar-refractivity contribution in [3.8, 4) is 0 Å². The van der Waals surface area contributed by atoms with Crippen LogP contribution in [0.5, 0.6) is 0 Å². The van der Waals surface area contributed by atoms with Gasteiger partial charge in [-0.2, -0.15) is 0 Å². The number of ether oxygens (including phenoxy) is 1. The molecular formula is C16H19N3O3. The number of benzene rings is 1. The maximum atomic E-state index is 11.9. The lowest BCUT2D eigenvalue weighted by atomic mass is 9.95. The van der Waals surface area contributed by atoms with Crippen molar-refractivity contribution < 1.29 is 14.1 Å². The Bertz CT molecular complexity index is 627. The predicted molar refractivity (Wildman–Crippen MR) is 81.5 cm³/mol. The fourth-order valence-electron chi connectivity index (χ4n) is 2.66. The molecule has 0 spiro atoms. The maximum absolute atomic E-state index is 11.9. The average molecular weight is 301 g/mol. The molecule has 0 aliphatic carbocycles. The third-order valence-corrected chi connectivity index (χ3v) is 3.74. The van der Waals surface area contributed by atoms with Crippen LogP contribution in [0.3, 0.4) is 0 Å². The lowest BCUT2D eigenvalue weighted by molar-refractivity contribution is 0.0911.